The minimum absolute atomic E-state index is 0.655. The lowest BCUT2D eigenvalue weighted by Gasteiger charge is -2.13. The smallest absolute Gasteiger partial charge is 0.142 e. The summed E-state index contributed by atoms with van der Waals surface area (Å²) < 4.78 is 10.5. The summed E-state index contributed by atoms with van der Waals surface area (Å²) in [6, 6.07) is 13.1. The van der Waals surface area contributed by atoms with Gasteiger partial charge in [-0.25, -0.2) is 0 Å². The van der Waals surface area contributed by atoms with Crippen molar-refractivity contribution in [1.29, 1.82) is 0 Å². The molecule has 0 aromatic heterocycles. The molecule has 2 aromatic carbocycles. The van der Waals surface area contributed by atoms with Crippen molar-refractivity contribution in [3.8, 4) is 11.5 Å². The summed E-state index contributed by atoms with van der Waals surface area (Å²) in [6.45, 7) is 0. The van der Waals surface area contributed by atoms with E-state index in [0.717, 1.165) is 22.9 Å². The molecule has 0 bridgehead atoms. The number of para-hydroxylation sites is 1. The van der Waals surface area contributed by atoms with Crippen LogP contribution >= 0.6 is 11.6 Å². The zero-order valence-corrected chi connectivity index (χ0v) is 11.0. The van der Waals surface area contributed by atoms with Gasteiger partial charge in [-0.15, -0.1) is 0 Å². The highest BCUT2D eigenvalue weighted by Gasteiger charge is 2.07. The Morgan fingerprint density at radius 3 is 2.39 bits per heavy atom. The molecule has 2 rings (SSSR count). The standard InChI is InChI=1S/C14H14ClNO2/c1-17-10-7-8-14(18-2)13(9-10)16-12-6-4-3-5-11(12)15/h3-9,16H,1-2H3. The second-order valence-corrected chi connectivity index (χ2v) is 4.08. The lowest BCUT2D eigenvalue weighted by molar-refractivity contribution is 0.405. The van der Waals surface area contributed by atoms with Crippen LogP contribution in [-0.4, -0.2) is 14.2 Å². The zero-order valence-electron chi connectivity index (χ0n) is 10.2. The first-order valence-corrected chi connectivity index (χ1v) is 5.86. The van der Waals surface area contributed by atoms with Crippen LogP contribution in [0.4, 0.5) is 11.4 Å². The Bertz CT molecular complexity index is 543. The van der Waals surface area contributed by atoms with E-state index in [-0.39, 0.29) is 0 Å². The van der Waals surface area contributed by atoms with Gasteiger partial charge >= 0.3 is 0 Å². The van der Waals surface area contributed by atoms with Gasteiger partial charge in [-0.3, -0.25) is 0 Å². The molecule has 4 heteroatoms. The summed E-state index contributed by atoms with van der Waals surface area (Å²) in [6.07, 6.45) is 0. The maximum absolute atomic E-state index is 6.11. The predicted octanol–water partition coefficient (Wildman–Crippen LogP) is 4.10. The summed E-state index contributed by atoms with van der Waals surface area (Å²) in [5.41, 5.74) is 1.63. The maximum Gasteiger partial charge on any atom is 0.142 e. The van der Waals surface area contributed by atoms with E-state index >= 15 is 0 Å². The number of rotatable bonds is 4. The zero-order chi connectivity index (χ0) is 13.0. The number of benzene rings is 2. The molecule has 0 amide bonds. The maximum atomic E-state index is 6.11. The van der Waals surface area contributed by atoms with Crippen LogP contribution in [0.25, 0.3) is 0 Å². The fourth-order valence-electron chi connectivity index (χ4n) is 1.62. The Morgan fingerprint density at radius 1 is 0.944 bits per heavy atom. The van der Waals surface area contributed by atoms with Crippen LogP contribution in [0.15, 0.2) is 42.5 Å². The molecule has 2 aromatic rings. The summed E-state index contributed by atoms with van der Waals surface area (Å²) in [7, 11) is 3.25. The van der Waals surface area contributed by atoms with Gasteiger partial charge in [0, 0.05) is 6.07 Å². The lowest BCUT2D eigenvalue weighted by Crippen LogP contribution is -1.96. The number of hydrogen-bond acceptors (Lipinski definition) is 3. The normalized spacial score (nSPS) is 9.94. The van der Waals surface area contributed by atoms with Gasteiger partial charge in [0.2, 0.25) is 0 Å². The third-order valence-corrected chi connectivity index (χ3v) is 2.88. The molecule has 18 heavy (non-hydrogen) atoms. The molecular formula is C14H14ClNO2. The Labute approximate surface area is 111 Å². The predicted molar refractivity (Wildman–Crippen MR) is 74.3 cm³/mol. The van der Waals surface area contributed by atoms with E-state index < -0.39 is 0 Å². The van der Waals surface area contributed by atoms with E-state index in [1.807, 2.05) is 42.5 Å². The monoisotopic (exact) mass is 263 g/mol. The number of nitrogens with one attached hydrogen (secondary N) is 1. The van der Waals surface area contributed by atoms with Crippen molar-refractivity contribution in [2.75, 3.05) is 19.5 Å². The first kappa shape index (κ1) is 12.6. The number of methoxy groups -OCH3 is 2. The number of ether oxygens (including phenoxy) is 2. The topological polar surface area (TPSA) is 30.5 Å². The number of hydrogen-bond donors (Lipinski definition) is 1. The van der Waals surface area contributed by atoms with Crippen LogP contribution in [0.1, 0.15) is 0 Å². The van der Waals surface area contributed by atoms with Crippen LogP contribution in [0.2, 0.25) is 5.02 Å². The van der Waals surface area contributed by atoms with Gasteiger partial charge in [0.05, 0.1) is 30.6 Å². The first-order chi connectivity index (χ1) is 8.74. The van der Waals surface area contributed by atoms with Crippen LogP contribution in [0.3, 0.4) is 0 Å². The molecule has 0 aliphatic rings. The molecule has 0 atom stereocenters. The van der Waals surface area contributed by atoms with Crippen LogP contribution in [0.5, 0.6) is 11.5 Å². The van der Waals surface area contributed by atoms with Gasteiger partial charge in [0.25, 0.3) is 0 Å². The number of halogens is 1. The minimum atomic E-state index is 0.655. The molecule has 0 saturated heterocycles. The molecule has 0 fully saturated rings. The summed E-state index contributed by atoms with van der Waals surface area (Å²) in [4.78, 5) is 0. The van der Waals surface area contributed by atoms with Crippen molar-refractivity contribution < 1.29 is 9.47 Å². The third kappa shape index (κ3) is 2.68. The van der Waals surface area contributed by atoms with E-state index in [1.165, 1.54) is 0 Å². The van der Waals surface area contributed by atoms with Crippen molar-refractivity contribution in [1.82, 2.24) is 0 Å². The van der Waals surface area contributed by atoms with Crippen LogP contribution < -0.4 is 14.8 Å². The average Bonchev–Trinajstić information content (AvgIpc) is 2.41. The van der Waals surface area contributed by atoms with E-state index in [9.17, 15) is 0 Å². The van der Waals surface area contributed by atoms with E-state index in [0.29, 0.717) is 5.02 Å². The van der Waals surface area contributed by atoms with Gasteiger partial charge in [-0.1, -0.05) is 23.7 Å². The van der Waals surface area contributed by atoms with Crippen molar-refractivity contribution in [3.63, 3.8) is 0 Å². The lowest BCUT2D eigenvalue weighted by atomic mass is 10.2. The van der Waals surface area contributed by atoms with Crippen molar-refractivity contribution in [2.45, 2.75) is 0 Å². The molecule has 0 saturated carbocycles. The second kappa shape index (κ2) is 5.65. The molecule has 0 aliphatic carbocycles. The Morgan fingerprint density at radius 2 is 1.72 bits per heavy atom. The molecule has 94 valence electrons. The molecule has 3 nitrogen and oxygen atoms in total. The fourth-order valence-corrected chi connectivity index (χ4v) is 1.80. The summed E-state index contributed by atoms with van der Waals surface area (Å²) in [5, 5.41) is 3.88. The highest BCUT2D eigenvalue weighted by molar-refractivity contribution is 6.33. The summed E-state index contributed by atoms with van der Waals surface area (Å²) in [5.74, 6) is 1.49. The average molecular weight is 264 g/mol. The molecule has 0 radical (unpaired) electrons. The van der Waals surface area contributed by atoms with Crippen molar-refractivity contribution >= 4 is 23.0 Å². The SMILES string of the molecule is COc1ccc(OC)c(Nc2ccccc2Cl)c1. The van der Waals surface area contributed by atoms with Gasteiger partial charge in [-0.05, 0) is 24.3 Å². The quantitative estimate of drug-likeness (QED) is 0.901. The largest absolute Gasteiger partial charge is 0.497 e. The van der Waals surface area contributed by atoms with Crippen molar-refractivity contribution in [2.24, 2.45) is 0 Å². The van der Waals surface area contributed by atoms with Crippen LogP contribution in [0, 0.1) is 0 Å². The fraction of sp³-hybridized carbons (Fsp3) is 0.143. The van der Waals surface area contributed by atoms with Gasteiger partial charge in [0.15, 0.2) is 0 Å². The van der Waals surface area contributed by atoms with E-state index in [1.54, 1.807) is 14.2 Å². The van der Waals surface area contributed by atoms with Gasteiger partial charge < -0.3 is 14.8 Å². The third-order valence-electron chi connectivity index (χ3n) is 2.55. The van der Waals surface area contributed by atoms with Gasteiger partial charge in [-0.2, -0.15) is 0 Å². The van der Waals surface area contributed by atoms with E-state index in [2.05, 4.69) is 5.32 Å². The highest BCUT2D eigenvalue weighted by atomic mass is 35.5. The first-order valence-electron chi connectivity index (χ1n) is 5.48. The second-order valence-electron chi connectivity index (χ2n) is 3.67. The molecule has 1 N–H and O–H groups in total. The number of anilines is 2. The minimum Gasteiger partial charge on any atom is -0.497 e. The van der Waals surface area contributed by atoms with Crippen LogP contribution in [-0.2, 0) is 0 Å². The van der Waals surface area contributed by atoms with E-state index in [4.69, 9.17) is 21.1 Å². The summed E-state index contributed by atoms with van der Waals surface area (Å²) >= 11 is 6.11. The molecule has 0 spiro atoms. The Kier molecular flexibility index (Phi) is 3.95. The molecule has 0 unspecified atom stereocenters. The molecule has 0 heterocycles. The van der Waals surface area contributed by atoms with Crippen molar-refractivity contribution in [3.05, 3.63) is 47.5 Å². The van der Waals surface area contributed by atoms with Gasteiger partial charge in [0.1, 0.15) is 11.5 Å². The molecule has 0 aliphatic heterocycles. The highest BCUT2D eigenvalue weighted by Crippen LogP contribution is 2.33. The Hall–Kier alpha value is -1.87. The molecular weight excluding hydrogens is 250 g/mol. The Balaban J connectivity index is 2.35.